The topological polar surface area (TPSA) is 131 Å². The molecular formula is C26H28N6O4. The average Bonchev–Trinajstić information content (AvgIpc) is 2.88. The number of rotatable bonds is 10. The van der Waals surface area contributed by atoms with Gasteiger partial charge in [0.15, 0.2) is 23.0 Å². The number of aryl methyl sites for hydroxylation is 1. The Balaban J connectivity index is 1.34. The van der Waals surface area contributed by atoms with E-state index in [9.17, 15) is 9.90 Å². The maximum Gasteiger partial charge on any atom is 0.320 e. The number of fused-ring (bicyclic) bond motifs is 1. The van der Waals surface area contributed by atoms with Crippen molar-refractivity contribution in [1.29, 1.82) is 0 Å². The number of aromatic hydroxyl groups is 1. The molecule has 10 nitrogen and oxygen atoms in total. The van der Waals surface area contributed by atoms with Crippen molar-refractivity contribution < 1.29 is 19.4 Å². The first kappa shape index (κ1) is 24.5. The third-order valence-electron chi connectivity index (χ3n) is 5.40. The number of pyridine rings is 1. The number of aromatic nitrogens is 3. The van der Waals surface area contributed by atoms with Crippen LogP contribution >= 0.6 is 0 Å². The molecule has 36 heavy (non-hydrogen) atoms. The molecule has 10 heteroatoms. The molecule has 2 amide bonds. The molecule has 186 valence electrons. The van der Waals surface area contributed by atoms with Gasteiger partial charge in [-0.2, -0.15) is 0 Å². The van der Waals surface area contributed by atoms with E-state index >= 15 is 0 Å². The van der Waals surface area contributed by atoms with Crippen molar-refractivity contribution in [3.05, 3.63) is 66.4 Å². The van der Waals surface area contributed by atoms with Crippen LogP contribution in [0.5, 0.6) is 17.2 Å². The van der Waals surface area contributed by atoms with Crippen LogP contribution in [-0.2, 0) is 6.42 Å². The first-order chi connectivity index (χ1) is 17.6. The molecule has 2 heterocycles. The standard InChI is InChI=1S/C26H28N6O4/c1-35-21-15-18(14-20(33)24(21)36-2)29-23-16-28-19-11-12-22(30-25(19)31-23)32-26(34)27-13-7-6-10-17-8-4-3-5-9-17/h3-5,8-9,11-12,14-16,33H,6-7,10,13H2,1-2H3,(H3,27,29,30,31,32,34). The van der Waals surface area contributed by atoms with Gasteiger partial charge in [-0.1, -0.05) is 30.3 Å². The predicted molar refractivity (Wildman–Crippen MR) is 138 cm³/mol. The number of carbonyl (C=O) groups excluding carboxylic acids is 1. The Hall–Kier alpha value is -4.60. The molecule has 2 aromatic carbocycles. The molecule has 2 aromatic heterocycles. The highest BCUT2D eigenvalue weighted by molar-refractivity contribution is 5.89. The van der Waals surface area contributed by atoms with Crippen molar-refractivity contribution in [1.82, 2.24) is 20.3 Å². The summed E-state index contributed by atoms with van der Waals surface area (Å²) in [7, 11) is 2.93. The van der Waals surface area contributed by atoms with Crippen molar-refractivity contribution in [3.8, 4) is 17.2 Å². The van der Waals surface area contributed by atoms with E-state index in [4.69, 9.17) is 9.47 Å². The lowest BCUT2D eigenvalue weighted by Gasteiger charge is -2.13. The number of ether oxygens (including phenoxy) is 2. The molecule has 0 fully saturated rings. The van der Waals surface area contributed by atoms with Crippen molar-refractivity contribution in [3.63, 3.8) is 0 Å². The minimum atomic E-state index is -0.329. The molecule has 4 N–H and O–H groups in total. The van der Waals surface area contributed by atoms with Crippen LogP contribution in [0.15, 0.2) is 60.8 Å². The van der Waals surface area contributed by atoms with Gasteiger partial charge in [0.05, 0.1) is 20.4 Å². The molecule has 0 bridgehead atoms. The Kier molecular flexibility index (Phi) is 7.97. The van der Waals surface area contributed by atoms with Crippen LogP contribution in [0.2, 0.25) is 0 Å². The summed E-state index contributed by atoms with van der Waals surface area (Å²) in [6.45, 7) is 0.568. The summed E-state index contributed by atoms with van der Waals surface area (Å²) in [6.07, 6.45) is 4.39. The van der Waals surface area contributed by atoms with Crippen LogP contribution in [0.3, 0.4) is 0 Å². The van der Waals surface area contributed by atoms with Crippen LogP contribution in [-0.4, -0.2) is 46.9 Å². The average molecular weight is 489 g/mol. The van der Waals surface area contributed by atoms with Crippen LogP contribution in [0.4, 0.5) is 22.1 Å². The van der Waals surface area contributed by atoms with Crippen LogP contribution in [0.1, 0.15) is 18.4 Å². The summed E-state index contributed by atoms with van der Waals surface area (Å²) in [6, 6.07) is 16.5. The fourth-order valence-corrected chi connectivity index (χ4v) is 3.65. The number of phenolic OH excluding ortho intramolecular Hbond substituents is 1. The first-order valence-electron chi connectivity index (χ1n) is 11.5. The predicted octanol–water partition coefficient (Wildman–Crippen LogP) is 4.64. The number of anilines is 3. The van der Waals surface area contributed by atoms with Crippen molar-refractivity contribution in [2.24, 2.45) is 0 Å². The first-order valence-corrected chi connectivity index (χ1v) is 11.5. The fraction of sp³-hybridized carbons (Fsp3) is 0.231. The van der Waals surface area contributed by atoms with Gasteiger partial charge in [0.1, 0.15) is 11.3 Å². The van der Waals surface area contributed by atoms with Crippen molar-refractivity contribution in [2.75, 3.05) is 31.4 Å². The van der Waals surface area contributed by atoms with E-state index in [1.54, 1.807) is 24.4 Å². The number of nitrogens with zero attached hydrogens (tertiary/aromatic N) is 3. The Morgan fingerprint density at radius 1 is 0.972 bits per heavy atom. The Morgan fingerprint density at radius 3 is 2.56 bits per heavy atom. The minimum absolute atomic E-state index is 0.0798. The number of methoxy groups -OCH3 is 2. The molecule has 4 aromatic rings. The van der Waals surface area contributed by atoms with E-state index < -0.39 is 0 Å². The second-order valence-corrected chi connectivity index (χ2v) is 7.97. The van der Waals surface area contributed by atoms with Gasteiger partial charge < -0.3 is 25.2 Å². The normalized spacial score (nSPS) is 10.6. The second-order valence-electron chi connectivity index (χ2n) is 7.97. The molecular weight excluding hydrogens is 460 g/mol. The summed E-state index contributed by atoms with van der Waals surface area (Å²) >= 11 is 0. The zero-order valence-corrected chi connectivity index (χ0v) is 20.1. The lowest BCUT2D eigenvalue weighted by Crippen LogP contribution is -2.29. The molecule has 0 aliphatic rings. The number of hydrogen-bond acceptors (Lipinski definition) is 8. The molecule has 0 saturated carbocycles. The smallest absolute Gasteiger partial charge is 0.320 e. The number of hydrogen-bond donors (Lipinski definition) is 4. The molecule has 0 radical (unpaired) electrons. The van der Waals surface area contributed by atoms with Gasteiger partial charge in [-0.15, -0.1) is 0 Å². The maximum absolute atomic E-state index is 12.3. The molecule has 0 saturated heterocycles. The zero-order valence-electron chi connectivity index (χ0n) is 20.1. The van der Waals surface area contributed by atoms with E-state index in [1.807, 2.05) is 18.2 Å². The second kappa shape index (κ2) is 11.7. The highest BCUT2D eigenvalue weighted by atomic mass is 16.5. The Bertz CT molecular complexity index is 1330. The fourth-order valence-electron chi connectivity index (χ4n) is 3.65. The Morgan fingerprint density at radius 2 is 1.78 bits per heavy atom. The summed E-state index contributed by atoms with van der Waals surface area (Å²) < 4.78 is 10.4. The van der Waals surface area contributed by atoms with Gasteiger partial charge in [-0.3, -0.25) is 5.32 Å². The number of nitrogens with one attached hydrogen (secondary N) is 3. The quantitative estimate of drug-likeness (QED) is 0.238. The SMILES string of the molecule is COc1cc(Nc2cnc3ccc(NC(=O)NCCCCc4ccccc4)nc3n2)cc(O)c1OC. The lowest BCUT2D eigenvalue weighted by atomic mass is 10.1. The number of phenols is 1. The van der Waals surface area contributed by atoms with Crippen molar-refractivity contribution in [2.45, 2.75) is 19.3 Å². The van der Waals surface area contributed by atoms with Crippen LogP contribution < -0.4 is 25.4 Å². The van der Waals surface area contributed by atoms with Crippen LogP contribution in [0.25, 0.3) is 11.2 Å². The molecule has 4 rings (SSSR count). The molecule has 0 unspecified atom stereocenters. The number of benzene rings is 2. The summed E-state index contributed by atoms with van der Waals surface area (Å²) in [4.78, 5) is 25.5. The number of urea groups is 1. The highest BCUT2D eigenvalue weighted by Gasteiger charge is 2.13. The number of amides is 2. The maximum atomic E-state index is 12.3. The number of carbonyl (C=O) groups is 1. The van der Waals surface area contributed by atoms with E-state index in [2.05, 4.69) is 43.0 Å². The van der Waals surface area contributed by atoms with Gasteiger partial charge in [-0.05, 0) is 37.0 Å². The molecule has 0 aliphatic carbocycles. The van der Waals surface area contributed by atoms with Crippen LogP contribution in [0, 0.1) is 0 Å². The van der Waals surface area contributed by atoms with Gasteiger partial charge >= 0.3 is 6.03 Å². The van der Waals surface area contributed by atoms with Gasteiger partial charge in [0, 0.05) is 24.4 Å². The van der Waals surface area contributed by atoms with Gasteiger partial charge in [-0.25, -0.2) is 19.7 Å². The van der Waals surface area contributed by atoms with Crippen molar-refractivity contribution >= 4 is 34.5 Å². The Labute approximate surface area is 208 Å². The lowest BCUT2D eigenvalue weighted by molar-refractivity contribution is 0.252. The summed E-state index contributed by atoms with van der Waals surface area (Å²) in [5, 5.41) is 18.8. The van der Waals surface area contributed by atoms with Gasteiger partial charge in [0.2, 0.25) is 5.75 Å². The van der Waals surface area contributed by atoms with E-state index in [0.717, 1.165) is 19.3 Å². The van der Waals surface area contributed by atoms with Gasteiger partial charge in [0.25, 0.3) is 0 Å². The largest absolute Gasteiger partial charge is 0.504 e. The molecule has 0 atom stereocenters. The summed E-state index contributed by atoms with van der Waals surface area (Å²) in [5.41, 5.74) is 2.74. The van der Waals surface area contributed by atoms with E-state index in [1.165, 1.54) is 25.8 Å². The third kappa shape index (κ3) is 6.29. The minimum Gasteiger partial charge on any atom is -0.504 e. The third-order valence-corrected chi connectivity index (χ3v) is 5.40. The number of unbranched alkanes of at least 4 members (excludes halogenated alkanes) is 1. The zero-order chi connectivity index (χ0) is 25.3. The molecule has 0 aliphatic heterocycles. The monoisotopic (exact) mass is 488 g/mol. The molecule has 0 spiro atoms. The van der Waals surface area contributed by atoms with E-state index in [0.29, 0.717) is 40.8 Å². The highest BCUT2D eigenvalue weighted by Crippen LogP contribution is 2.39. The van der Waals surface area contributed by atoms with E-state index in [-0.39, 0.29) is 17.5 Å². The summed E-state index contributed by atoms with van der Waals surface area (Å²) in [5.74, 6) is 1.29.